The summed E-state index contributed by atoms with van der Waals surface area (Å²) in [5.74, 6) is 0. The van der Waals surface area contributed by atoms with Crippen molar-refractivity contribution in [3.8, 4) is 22.3 Å². The van der Waals surface area contributed by atoms with Gasteiger partial charge in [0.1, 0.15) is 0 Å². The molecule has 0 saturated carbocycles. The highest BCUT2D eigenvalue weighted by Gasteiger charge is 2.16. The van der Waals surface area contributed by atoms with Gasteiger partial charge < -0.3 is 0 Å². The molecule has 0 saturated heterocycles. The van der Waals surface area contributed by atoms with E-state index in [2.05, 4.69) is 116 Å². The van der Waals surface area contributed by atoms with Crippen LogP contribution in [0.5, 0.6) is 0 Å². The zero-order valence-corrected chi connectivity index (χ0v) is 18.8. The summed E-state index contributed by atoms with van der Waals surface area (Å²) in [4.78, 5) is 0. The molecule has 0 aromatic heterocycles. The van der Waals surface area contributed by atoms with Crippen molar-refractivity contribution in [2.24, 2.45) is 0 Å². The lowest BCUT2D eigenvalue weighted by molar-refractivity contribution is 0.590. The van der Waals surface area contributed by atoms with Gasteiger partial charge in [-0.25, -0.2) is 0 Å². The molecule has 0 aliphatic rings. The standard InChI is InChI=1S/C28H34/c1-19-17-25(21-9-13-23(14-10-21)27(3,4)5)20(2)26(18-19)22-11-15-24(16-12-22)28(6,7)8/h9-18H,1-8H3. The summed E-state index contributed by atoms with van der Waals surface area (Å²) in [6.45, 7) is 18.0. The largest absolute Gasteiger partial charge is 0.0579 e. The molecule has 28 heavy (non-hydrogen) atoms. The zero-order valence-electron chi connectivity index (χ0n) is 18.8. The molecular formula is C28H34. The molecule has 146 valence electrons. The molecule has 0 heteroatoms. The topological polar surface area (TPSA) is 0 Å². The van der Waals surface area contributed by atoms with Crippen LogP contribution in [0.2, 0.25) is 0 Å². The Morgan fingerprint density at radius 1 is 0.500 bits per heavy atom. The summed E-state index contributed by atoms with van der Waals surface area (Å²) in [5.41, 5.74) is 11.0. The van der Waals surface area contributed by atoms with Gasteiger partial charge in [0.15, 0.2) is 0 Å². The van der Waals surface area contributed by atoms with E-state index in [1.165, 1.54) is 44.5 Å². The van der Waals surface area contributed by atoms with Crippen LogP contribution in [0.1, 0.15) is 63.8 Å². The molecule has 0 atom stereocenters. The smallest absolute Gasteiger partial charge is 0.0132 e. The fourth-order valence-corrected chi connectivity index (χ4v) is 3.76. The van der Waals surface area contributed by atoms with Crippen LogP contribution >= 0.6 is 0 Å². The van der Waals surface area contributed by atoms with Crippen molar-refractivity contribution in [2.45, 2.75) is 66.2 Å². The summed E-state index contributed by atoms with van der Waals surface area (Å²) < 4.78 is 0. The molecule has 3 rings (SSSR count). The third-order valence-electron chi connectivity index (χ3n) is 5.68. The van der Waals surface area contributed by atoms with E-state index in [0.29, 0.717) is 0 Å². The molecule has 0 aliphatic carbocycles. The average Bonchev–Trinajstić information content (AvgIpc) is 2.62. The number of hydrogen-bond donors (Lipinski definition) is 0. The fraction of sp³-hybridized carbons (Fsp3) is 0.357. The minimum Gasteiger partial charge on any atom is -0.0579 e. The quantitative estimate of drug-likeness (QED) is 0.426. The van der Waals surface area contributed by atoms with Crippen molar-refractivity contribution in [3.63, 3.8) is 0 Å². The van der Waals surface area contributed by atoms with Crippen LogP contribution in [0, 0.1) is 13.8 Å². The first kappa shape index (κ1) is 20.4. The third kappa shape index (κ3) is 4.22. The SMILES string of the molecule is Cc1cc(-c2ccc(C(C)(C)C)cc2)c(C)c(-c2ccc(C(C)(C)C)cc2)c1. The third-order valence-corrected chi connectivity index (χ3v) is 5.68. The van der Waals surface area contributed by atoms with Crippen molar-refractivity contribution in [3.05, 3.63) is 82.9 Å². The Balaban J connectivity index is 2.05. The minimum absolute atomic E-state index is 0.181. The molecule has 0 spiro atoms. The lowest BCUT2D eigenvalue weighted by Crippen LogP contribution is -2.10. The molecule has 0 unspecified atom stereocenters. The van der Waals surface area contributed by atoms with Gasteiger partial charge in [-0.3, -0.25) is 0 Å². The molecule has 0 bridgehead atoms. The zero-order chi connectivity index (χ0) is 20.7. The minimum atomic E-state index is 0.181. The Morgan fingerprint density at radius 3 is 1.11 bits per heavy atom. The van der Waals surface area contributed by atoms with Gasteiger partial charge in [0.05, 0.1) is 0 Å². The van der Waals surface area contributed by atoms with Crippen LogP contribution in [-0.2, 0) is 10.8 Å². The molecular weight excluding hydrogens is 336 g/mol. The van der Waals surface area contributed by atoms with Crippen molar-refractivity contribution in [1.82, 2.24) is 0 Å². The van der Waals surface area contributed by atoms with Crippen LogP contribution in [0.4, 0.5) is 0 Å². The maximum absolute atomic E-state index is 2.31. The molecule has 0 N–H and O–H groups in total. The van der Waals surface area contributed by atoms with Gasteiger partial charge in [-0.1, -0.05) is 102 Å². The van der Waals surface area contributed by atoms with E-state index in [0.717, 1.165) is 0 Å². The van der Waals surface area contributed by atoms with Gasteiger partial charge in [0.2, 0.25) is 0 Å². The van der Waals surface area contributed by atoms with E-state index in [9.17, 15) is 0 Å². The lowest BCUT2D eigenvalue weighted by atomic mass is 9.84. The summed E-state index contributed by atoms with van der Waals surface area (Å²) in [6, 6.07) is 22.8. The van der Waals surface area contributed by atoms with E-state index >= 15 is 0 Å². The van der Waals surface area contributed by atoms with E-state index in [-0.39, 0.29) is 10.8 Å². The normalized spacial score (nSPS) is 12.3. The van der Waals surface area contributed by atoms with Crippen molar-refractivity contribution in [1.29, 1.82) is 0 Å². The van der Waals surface area contributed by atoms with Crippen LogP contribution in [0.3, 0.4) is 0 Å². The van der Waals surface area contributed by atoms with Crippen molar-refractivity contribution >= 4 is 0 Å². The average molecular weight is 371 g/mol. The molecule has 0 radical (unpaired) electrons. The Kier molecular flexibility index (Phi) is 5.28. The predicted molar refractivity (Wildman–Crippen MR) is 124 cm³/mol. The van der Waals surface area contributed by atoms with E-state index in [1.807, 2.05) is 0 Å². The highest BCUT2D eigenvalue weighted by Crippen LogP contribution is 2.35. The van der Waals surface area contributed by atoms with Crippen LogP contribution in [-0.4, -0.2) is 0 Å². The number of hydrogen-bond acceptors (Lipinski definition) is 0. The fourth-order valence-electron chi connectivity index (χ4n) is 3.76. The molecule has 0 aliphatic heterocycles. The predicted octanol–water partition coefficient (Wildman–Crippen LogP) is 8.23. The van der Waals surface area contributed by atoms with Crippen LogP contribution in [0.25, 0.3) is 22.3 Å². The maximum Gasteiger partial charge on any atom is -0.0132 e. The first-order chi connectivity index (χ1) is 13.0. The summed E-state index contributed by atoms with van der Waals surface area (Å²) >= 11 is 0. The molecule has 0 amide bonds. The van der Waals surface area contributed by atoms with E-state index in [4.69, 9.17) is 0 Å². The van der Waals surface area contributed by atoms with E-state index < -0.39 is 0 Å². The highest BCUT2D eigenvalue weighted by molar-refractivity contribution is 5.79. The second kappa shape index (κ2) is 7.24. The van der Waals surface area contributed by atoms with Gasteiger partial charge in [-0.2, -0.15) is 0 Å². The van der Waals surface area contributed by atoms with Crippen LogP contribution in [0.15, 0.2) is 60.7 Å². The number of aryl methyl sites for hydroxylation is 1. The van der Waals surface area contributed by atoms with Gasteiger partial charge in [-0.05, 0) is 69.2 Å². The summed E-state index contributed by atoms with van der Waals surface area (Å²) in [7, 11) is 0. The Hall–Kier alpha value is -2.34. The molecule has 0 heterocycles. The maximum atomic E-state index is 2.31. The molecule has 3 aromatic rings. The Labute approximate surface area is 171 Å². The lowest BCUT2D eigenvalue weighted by Gasteiger charge is -2.21. The van der Waals surface area contributed by atoms with Gasteiger partial charge in [0, 0.05) is 0 Å². The van der Waals surface area contributed by atoms with Crippen molar-refractivity contribution < 1.29 is 0 Å². The second-order valence-corrected chi connectivity index (χ2v) is 10.1. The summed E-state index contributed by atoms with van der Waals surface area (Å²) in [5, 5.41) is 0. The Morgan fingerprint density at radius 2 is 0.821 bits per heavy atom. The van der Waals surface area contributed by atoms with Crippen LogP contribution < -0.4 is 0 Å². The monoisotopic (exact) mass is 370 g/mol. The van der Waals surface area contributed by atoms with Gasteiger partial charge >= 0.3 is 0 Å². The summed E-state index contributed by atoms with van der Waals surface area (Å²) in [6.07, 6.45) is 0. The van der Waals surface area contributed by atoms with Crippen molar-refractivity contribution in [2.75, 3.05) is 0 Å². The molecule has 0 fully saturated rings. The number of rotatable bonds is 2. The molecule has 3 aromatic carbocycles. The first-order valence-electron chi connectivity index (χ1n) is 10.3. The van der Waals surface area contributed by atoms with Gasteiger partial charge in [0.25, 0.3) is 0 Å². The first-order valence-corrected chi connectivity index (χ1v) is 10.3. The Bertz CT molecular complexity index is 878. The number of benzene rings is 3. The molecule has 0 nitrogen and oxygen atoms in total. The van der Waals surface area contributed by atoms with Gasteiger partial charge in [-0.15, -0.1) is 0 Å². The highest BCUT2D eigenvalue weighted by atomic mass is 14.2. The van der Waals surface area contributed by atoms with E-state index in [1.54, 1.807) is 0 Å². The second-order valence-electron chi connectivity index (χ2n) is 10.1.